The molecule has 6 heteroatoms. The molecule has 106 valence electrons. The van der Waals surface area contributed by atoms with Crippen molar-refractivity contribution in [2.45, 2.75) is 18.4 Å². The highest BCUT2D eigenvalue weighted by Gasteiger charge is 2.17. The molecule has 0 bridgehead atoms. The minimum atomic E-state index is -3.59. The van der Waals surface area contributed by atoms with Gasteiger partial charge < -0.3 is 5.32 Å². The van der Waals surface area contributed by atoms with Crippen LogP contribution in [0.25, 0.3) is 0 Å². The molecular formula is C14H17N3O2S. The number of rotatable bonds is 5. The number of sulfonamides is 1. The highest BCUT2D eigenvalue weighted by atomic mass is 32.2. The van der Waals surface area contributed by atoms with Crippen molar-refractivity contribution < 1.29 is 8.42 Å². The van der Waals surface area contributed by atoms with Gasteiger partial charge in [0.1, 0.15) is 4.90 Å². The molecule has 0 saturated heterocycles. The van der Waals surface area contributed by atoms with E-state index in [9.17, 15) is 8.42 Å². The highest BCUT2D eigenvalue weighted by molar-refractivity contribution is 7.89. The van der Waals surface area contributed by atoms with Crippen molar-refractivity contribution in [3.05, 3.63) is 53.9 Å². The summed E-state index contributed by atoms with van der Waals surface area (Å²) in [7, 11) is -1.91. The summed E-state index contributed by atoms with van der Waals surface area (Å²) >= 11 is 0. The fourth-order valence-corrected chi connectivity index (χ4v) is 3.05. The number of pyridine rings is 1. The minimum Gasteiger partial charge on any atom is -0.387 e. The highest BCUT2D eigenvalue weighted by Crippen LogP contribution is 2.18. The van der Waals surface area contributed by atoms with E-state index in [0.29, 0.717) is 5.69 Å². The topological polar surface area (TPSA) is 71.1 Å². The Hall–Kier alpha value is -1.92. The van der Waals surface area contributed by atoms with Crippen LogP contribution in [0.5, 0.6) is 0 Å². The molecule has 0 amide bonds. The van der Waals surface area contributed by atoms with E-state index in [2.05, 4.69) is 15.0 Å². The summed E-state index contributed by atoms with van der Waals surface area (Å²) in [5.74, 6) is 0. The first kappa shape index (κ1) is 14.5. The van der Waals surface area contributed by atoms with Gasteiger partial charge in [0.2, 0.25) is 10.0 Å². The van der Waals surface area contributed by atoms with Gasteiger partial charge in [0.05, 0.1) is 5.69 Å². The molecule has 20 heavy (non-hydrogen) atoms. The normalized spacial score (nSPS) is 11.3. The zero-order valence-corrected chi connectivity index (χ0v) is 12.2. The van der Waals surface area contributed by atoms with Crippen LogP contribution in [0.15, 0.2) is 47.6 Å². The molecule has 1 aromatic carbocycles. The summed E-state index contributed by atoms with van der Waals surface area (Å²) in [5.41, 5.74) is 2.54. The van der Waals surface area contributed by atoms with Crippen molar-refractivity contribution in [3.63, 3.8) is 0 Å². The van der Waals surface area contributed by atoms with Gasteiger partial charge in [-0.1, -0.05) is 29.8 Å². The first-order chi connectivity index (χ1) is 9.53. The van der Waals surface area contributed by atoms with Crippen molar-refractivity contribution >= 4 is 15.7 Å². The smallest absolute Gasteiger partial charge is 0.244 e. The molecule has 2 N–H and O–H groups in total. The summed E-state index contributed by atoms with van der Waals surface area (Å²) < 4.78 is 27.1. The first-order valence-corrected chi connectivity index (χ1v) is 7.68. The summed E-state index contributed by atoms with van der Waals surface area (Å²) in [5, 5.41) is 2.85. The second-order valence-corrected chi connectivity index (χ2v) is 6.17. The predicted molar refractivity (Wildman–Crippen MR) is 79.0 cm³/mol. The van der Waals surface area contributed by atoms with Gasteiger partial charge in [0.15, 0.2) is 0 Å². The van der Waals surface area contributed by atoms with Crippen molar-refractivity contribution in [2.24, 2.45) is 0 Å². The van der Waals surface area contributed by atoms with E-state index in [1.54, 1.807) is 19.3 Å². The first-order valence-electron chi connectivity index (χ1n) is 6.20. The number of hydrogen-bond donors (Lipinski definition) is 2. The Morgan fingerprint density at radius 1 is 1.25 bits per heavy atom. The van der Waals surface area contributed by atoms with E-state index in [1.165, 1.54) is 6.20 Å². The molecule has 0 spiro atoms. The zero-order valence-electron chi connectivity index (χ0n) is 11.4. The van der Waals surface area contributed by atoms with Gasteiger partial charge in [-0.15, -0.1) is 0 Å². The third kappa shape index (κ3) is 3.34. The van der Waals surface area contributed by atoms with E-state index < -0.39 is 10.0 Å². The van der Waals surface area contributed by atoms with Crippen LogP contribution >= 0.6 is 0 Å². The lowest BCUT2D eigenvalue weighted by atomic mass is 10.1. The molecule has 0 saturated carbocycles. The van der Waals surface area contributed by atoms with Crippen molar-refractivity contribution in [1.29, 1.82) is 0 Å². The quantitative estimate of drug-likeness (QED) is 0.883. The molecular weight excluding hydrogens is 274 g/mol. The van der Waals surface area contributed by atoms with Gasteiger partial charge in [-0.2, -0.15) is 0 Å². The fraction of sp³-hybridized carbons (Fsp3) is 0.214. The number of hydrogen-bond acceptors (Lipinski definition) is 4. The van der Waals surface area contributed by atoms with Gasteiger partial charge in [-0.25, -0.2) is 13.1 Å². The lowest BCUT2D eigenvalue weighted by molar-refractivity contribution is 0.581. The van der Waals surface area contributed by atoms with Crippen LogP contribution in [0.1, 0.15) is 11.1 Å². The molecule has 2 aromatic rings. The summed E-state index contributed by atoms with van der Waals surface area (Å²) in [4.78, 5) is 4.02. The molecule has 0 atom stereocenters. The van der Waals surface area contributed by atoms with Crippen molar-refractivity contribution in [1.82, 2.24) is 9.71 Å². The van der Waals surface area contributed by atoms with Crippen LogP contribution in [0.3, 0.4) is 0 Å². The van der Waals surface area contributed by atoms with E-state index in [1.807, 2.05) is 31.2 Å². The molecule has 0 fully saturated rings. The van der Waals surface area contributed by atoms with Crippen LogP contribution in [-0.4, -0.2) is 20.4 Å². The monoisotopic (exact) mass is 291 g/mol. The van der Waals surface area contributed by atoms with Crippen molar-refractivity contribution in [2.75, 3.05) is 12.4 Å². The number of nitrogens with zero attached hydrogens (tertiary/aromatic N) is 1. The molecule has 0 radical (unpaired) electrons. The Kier molecular flexibility index (Phi) is 4.36. The van der Waals surface area contributed by atoms with Crippen LogP contribution in [0, 0.1) is 6.92 Å². The van der Waals surface area contributed by atoms with Crippen LogP contribution in [0.4, 0.5) is 5.69 Å². The van der Waals surface area contributed by atoms with Crippen LogP contribution < -0.4 is 10.0 Å². The average Bonchev–Trinajstić information content (AvgIpc) is 2.45. The third-order valence-corrected chi connectivity index (χ3v) is 4.32. The second kappa shape index (κ2) is 6.02. The SMILES string of the molecule is CNc1ccncc1S(=O)(=O)NCc1cccc(C)c1. The average molecular weight is 291 g/mol. The van der Waals surface area contributed by atoms with Gasteiger partial charge in [-0.3, -0.25) is 4.98 Å². The van der Waals surface area contributed by atoms with Gasteiger partial charge >= 0.3 is 0 Å². The molecule has 5 nitrogen and oxygen atoms in total. The number of nitrogens with one attached hydrogen (secondary N) is 2. The van der Waals surface area contributed by atoms with Crippen LogP contribution in [-0.2, 0) is 16.6 Å². The maximum atomic E-state index is 12.3. The molecule has 0 aliphatic rings. The standard InChI is InChI=1S/C14H17N3O2S/c1-11-4-3-5-12(8-11)9-17-20(18,19)14-10-16-7-6-13(14)15-2/h3-8,10,17H,9H2,1-2H3,(H,15,16). The Bertz CT molecular complexity index is 699. The maximum Gasteiger partial charge on any atom is 0.244 e. The number of benzene rings is 1. The molecule has 1 heterocycles. The summed E-state index contributed by atoms with van der Waals surface area (Å²) in [6, 6.07) is 9.34. The minimum absolute atomic E-state index is 0.148. The Morgan fingerprint density at radius 3 is 2.75 bits per heavy atom. The van der Waals surface area contributed by atoms with Gasteiger partial charge in [-0.05, 0) is 18.6 Å². The molecule has 2 rings (SSSR count). The molecule has 0 aliphatic carbocycles. The maximum absolute atomic E-state index is 12.3. The molecule has 0 aliphatic heterocycles. The predicted octanol–water partition coefficient (Wildman–Crippen LogP) is 1.91. The summed E-state index contributed by atoms with van der Waals surface area (Å²) in [6.07, 6.45) is 2.88. The van der Waals surface area contributed by atoms with E-state index in [4.69, 9.17) is 0 Å². The number of aromatic nitrogens is 1. The number of anilines is 1. The van der Waals surface area contributed by atoms with Crippen LogP contribution in [0.2, 0.25) is 0 Å². The Morgan fingerprint density at radius 2 is 2.05 bits per heavy atom. The Balaban J connectivity index is 2.19. The summed E-state index contributed by atoms with van der Waals surface area (Å²) in [6.45, 7) is 2.22. The fourth-order valence-electron chi connectivity index (χ4n) is 1.88. The van der Waals surface area contributed by atoms with Crippen molar-refractivity contribution in [3.8, 4) is 0 Å². The number of aryl methyl sites for hydroxylation is 1. The van der Waals surface area contributed by atoms with E-state index in [-0.39, 0.29) is 11.4 Å². The lowest BCUT2D eigenvalue weighted by Crippen LogP contribution is -2.24. The zero-order chi connectivity index (χ0) is 14.6. The molecule has 1 aromatic heterocycles. The van der Waals surface area contributed by atoms with Gasteiger partial charge in [0.25, 0.3) is 0 Å². The van der Waals surface area contributed by atoms with Gasteiger partial charge in [0, 0.05) is 26.0 Å². The lowest BCUT2D eigenvalue weighted by Gasteiger charge is -2.10. The Labute approximate surface area is 119 Å². The largest absolute Gasteiger partial charge is 0.387 e. The molecule has 0 unspecified atom stereocenters. The second-order valence-electron chi connectivity index (χ2n) is 4.44. The van der Waals surface area contributed by atoms with E-state index >= 15 is 0 Å². The van der Waals surface area contributed by atoms with E-state index in [0.717, 1.165) is 11.1 Å². The third-order valence-electron chi connectivity index (χ3n) is 2.89.